The van der Waals surface area contributed by atoms with Gasteiger partial charge in [-0.05, 0) is 11.8 Å². The molecule has 0 nitrogen and oxygen atoms in total. The Morgan fingerprint density at radius 2 is 1.25 bits per heavy atom. The van der Waals surface area contributed by atoms with Gasteiger partial charge in [-0.1, -0.05) is 38.2 Å². The lowest BCUT2D eigenvalue weighted by Gasteiger charge is -2.13. The Morgan fingerprint density at radius 1 is 0.875 bits per heavy atom. The van der Waals surface area contributed by atoms with Crippen LogP contribution in [-0.2, 0) is 0 Å². The number of rotatable bonds is 0. The summed E-state index contributed by atoms with van der Waals surface area (Å²) in [5.41, 5.74) is 0. The van der Waals surface area contributed by atoms with Crippen molar-refractivity contribution in [2.75, 3.05) is 0 Å². The molecule has 0 spiro atoms. The second-order valence-electron chi connectivity index (χ2n) is 2.49. The fourth-order valence-electron chi connectivity index (χ4n) is 0.829. The highest BCUT2D eigenvalue weighted by Gasteiger charge is 2.05. The molecule has 0 aliphatic heterocycles. The molecule has 0 aromatic carbocycles. The van der Waals surface area contributed by atoms with Crippen LogP contribution < -0.4 is 0 Å². The van der Waals surface area contributed by atoms with E-state index in [-0.39, 0.29) is 0 Å². The van der Waals surface area contributed by atoms with Crippen LogP contribution in [0.3, 0.4) is 0 Å². The molecular formula is C8H12. The normalized spacial score (nSPS) is 35.8. The minimum atomic E-state index is 0.736. The van der Waals surface area contributed by atoms with Crippen molar-refractivity contribution in [2.45, 2.75) is 13.8 Å². The van der Waals surface area contributed by atoms with Crippen molar-refractivity contribution in [1.29, 1.82) is 0 Å². The number of hydrogen-bond acceptors (Lipinski definition) is 0. The summed E-state index contributed by atoms with van der Waals surface area (Å²) < 4.78 is 0. The third-order valence-electron chi connectivity index (χ3n) is 1.77. The van der Waals surface area contributed by atoms with Crippen molar-refractivity contribution in [3.05, 3.63) is 24.3 Å². The van der Waals surface area contributed by atoms with E-state index < -0.39 is 0 Å². The zero-order valence-corrected chi connectivity index (χ0v) is 5.46. The molecule has 1 aliphatic rings. The smallest absolute Gasteiger partial charge is 0.0198 e. The molecule has 44 valence electrons. The van der Waals surface area contributed by atoms with E-state index in [1.54, 1.807) is 0 Å². The monoisotopic (exact) mass is 108 g/mol. The summed E-state index contributed by atoms with van der Waals surface area (Å²) in [5, 5.41) is 0. The van der Waals surface area contributed by atoms with Crippen LogP contribution >= 0.6 is 0 Å². The molecule has 0 bridgehead atoms. The summed E-state index contributed by atoms with van der Waals surface area (Å²) in [6.07, 6.45) is 8.71. The quantitative estimate of drug-likeness (QED) is 0.447. The lowest BCUT2D eigenvalue weighted by Crippen LogP contribution is -2.03. The zero-order valence-electron chi connectivity index (χ0n) is 5.46. The highest BCUT2D eigenvalue weighted by atomic mass is 14.1. The fourth-order valence-corrected chi connectivity index (χ4v) is 0.829. The second-order valence-corrected chi connectivity index (χ2v) is 2.49. The van der Waals surface area contributed by atoms with Gasteiger partial charge in [-0.3, -0.25) is 0 Å². The van der Waals surface area contributed by atoms with Crippen LogP contribution in [0.5, 0.6) is 0 Å². The van der Waals surface area contributed by atoms with Gasteiger partial charge in [0.2, 0.25) is 0 Å². The molecular weight excluding hydrogens is 96.1 g/mol. The molecule has 0 heteroatoms. The van der Waals surface area contributed by atoms with Crippen molar-refractivity contribution >= 4 is 0 Å². The summed E-state index contributed by atoms with van der Waals surface area (Å²) in [4.78, 5) is 0. The molecule has 0 radical (unpaired) electrons. The Labute approximate surface area is 50.9 Å². The zero-order chi connectivity index (χ0) is 5.98. The van der Waals surface area contributed by atoms with Crippen molar-refractivity contribution in [1.82, 2.24) is 0 Å². The highest BCUT2D eigenvalue weighted by molar-refractivity contribution is 5.12. The molecule has 1 unspecified atom stereocenters. The first-order valence-electron chi connectivity index (χ1n) is 3.15. The van der Waals surface area contributed by atoms with Gasteiger partial charge in [0.15, 0.2) is 0 Å². The van der Waals surface area contributed by atoms with Gasteiger partial charge in [0.25, 0.3) is 0 Å². The van der Waals surface area contributed by atoms with Crippen molar-refractivity contribution in [2.24, 2.45) is 11.8 Å². The van der Waals surface area contributed by atoms with Crippen LogP contribution in [0.2, 0.25) is 0 Å². The lowest BCUT2D eigenvalue weighted by molar-refractivity contribution is 0.552. The van der Waals surface area contributed by atoms with Gasteiger partial charge < -0.3 is 0 Å². The highest BCUT2D eigenvalue weighted by Crippen LogP contribution is 2.16. The van der Waals surface area contributed by atoms with Crippen LogP contribution in [0.1, 0.15) is 13.8 Å². The van der Waals surface area contributed by atoms with Crippen LogP contribution in [0.15, 0.2) is 24.3 Å². The molecule has 0 saturated heterocycles. The molecule has 0 heterocycles. The minimum Gasteiger partial charge on any atom is -0.0811 e. The summed E-state index contributed by atoms with van der Waals surface area (Å²) in [5.74, 6) is 1.47. The fraction of sp³-hybridized carbons (Fsp3) is 0.500. The first-order chi connectivity index (χ1) is 3.80. The predicted molar refractivity (Wildman–Crippen MR) is 36.6 cm³/mol. The summed E-state index contributed by atoms with van der Waals surface area (Å²) in [6.45, 7) is 4.48. The lowest BCUT2D eigenvalue weighted by atomic mass is 9.92. The van der Waals surface area contributed by atoms with Crippen LogP contribution in [0, 0.1) is 11.8 Å². The Hall–Kier alpha value is -0.520. The molecule has 1 rings (SSSR count). The molecule has 0 saturated carbocycles. The average Bonchev–Trinajstić information content (AvgIpc) is 1.77. The van der Waals surface area contributed by atoms with Gasteiger partial charge in [-0.15, -0.1) is 0 Å². The van der Waals surface area contributed by atoms with E-state index in [0.717, 1.165) is 11.8 Å². The van der Waals surface area contributed by atoms with E-state index in [4.69, 9.17) is 0 Å². The van der Waals surface area contributed by atoms with E-state index in [0.29, 0.717) is 0 Å². The maximum absolute atomic E-state index is 2.24. The largest absolute Gasteiger partial charge is 0.0811 e. The van der Waals surface area contributed by atoms with Crippen molar-refractivity contribution in [3.63, 3.8) is 0 Å². The summed E-state index contributed by atoms with van der Waals surface area (Å²) >= 11 is 0. The Balaban J connectivity index is 2.59. The van der Waals surface area contributed by atoms with Crippen LogP contribution in [0.25, 0.3) is 0 Å². The van der Waals surface area contributed by atoms with Gasteiger partial charge >= 0.3 is 0 Å². The van der Waals surface area contributed by atoms with Gasteiger partial charge in [0, 0.05) is 0 Å². The van der Waals surface area contributed by atoms with E-state index >= 15 is 0 Å². The third-order valence-corrected chi connectivity index (χ3v) is 1.77. The first kappa shape index (κ1) is 5.61. The van der Waals surface area contributed by atoms with Crippen LogP contribution in [0.4, 0.5) is 0 Å². The first-order valence-corrected chi connectivity index (χ1v) is 3.15. The Bertz CT molecular complexity index is 104. The second kappa shape index (κ2) is 2.17. The Kier molecular flexibility index (Phi) is 1.52. The van der Waals surface area contributed by atoms with Crippen LogP contribution in [-0.4, -0.2) is 0 Å². The van der Waals surface area contributed by atoms with Gasteiger partial charge in [-0.25, -0.2) is 0 Å². The van der Waals surface area contributed by atoms with Gasteiger partial charge in [0.1, 0.15) is 0 Å². The molecule has 2 atom stereocenters. The van der Waals surface area contributed by atoms with E-state index in [1.807, 2.05) is 0 Å². The molecule has 0 amide bonds. The molecule has 8 heavy (non-hydrogen) atoms. The Morgan fingerprint density at radius 3 is 1.50 bits per heavy atom. The maximum Gasteiger partial charge on any atom is -0.0198 e. The van der Waals surface area contributed by atoms with E-state index in [1.165, 1.54) is 0 Å². The molecule has 0 fully saturated rings. The summed E-state index contributed by atoms with van der Waals surface area (Å²) in [6, 6.07) is 0. The van der Waals surface area contributed by atoms with Gasteiger partial charge in [-0.2, -0.15) is 0 Å². The minimum absolute atomic E-state index is 0.736. The molecule has 0 N–H and O–H groups in total. The number of hydrogen-bond donors (Lipinski definition) is 0. The standard InChI is InChI=1S/C8H12/c1-7-5-3-4-6-8(7)2/h3-8H,1-2H3/t7-,8?/m0/s1. The van der Waals surface area contributed by atoms with E-state index in [9.17, 15) is 0 Å². The summed E-state index contributed by atoms with van der Waals surface area (Å²) in [7, 11) is 0. The van der Waals surface area contributed by atoms with Gasteiger partial charge in [0.05, 0.1) is 0 Å². The molecule has 1 aliphatic carbocycles. The van der Waals surface area contributed by atoms with Crippen molar-refractivity contribution in [3.8, 4) is 0 Å². The maximum atomic E-state index is 2.24. The van der Waals surface area contributed by atoms with Crippen molar-refractivity contribution < 1.29 is 0 Å². The number of allylic oxidation sites excluding steroid dienone is 4. The predicted octanol–water partition coefficient (Wildman–Crippen LogP) is 2.38. The molecule has 0 aromatic heterocycles. The molecule has 0 aromatic rings. The SMILES string of the molecule is CC1C=CC=C[C@@H]1C. The van der Waals surface area contributed by atoms with E-state index in [2.05, 4.69) is 38.2 Å². The third kappa shape index (κ3) is 1.00. The topological polar surface area (TPSA) is 0 Å². The average molecular weight is 108 g/mol.